The molecule has 7 heteroatoms. The number of carbonyl (C=O) groups excluding carboxylic acids is 2. The number of rotatable bonds is 5. The van der Waals surface area contributed by atoms with Crippen LogP contribution in [0.15, 0.2) is 24.3 Å². The predicted molar refractivity (Wildman–Crippen MR) is 108 cm³/mol. The molecule has 2 aromatic rings. The van der Waals surface area contributed by atoms with Crippen molar-refractivity contribution in [1.82, 2.24) is 14.7 Å². The molecule has 1 aliphatic rings. The van der Waals surface area contributed by atoms with Gasteiger partial charge >= 0.3 is 5.97 Å². The molecule has 2 heterocycles. The number of benzene rings is 1. The Balaban J connectivity index is 1.64. The Labute approximate surface area is 170 Å². The van der Waals surface area contributed by atoms with Crippen LogP contribution in [0.1, 0.15) is 52.9 Å². The fraction of sp³-hybridized carbons (Fsp3) is 0.476. The molecule has 0 radical (unpaired) electrons. The van der Waals surface area contributed by atoms with Crippen molar-refractivity contribution in [3.8, 4) is 0 Å². The van der Waals surface area contributed by atoms with Crippen LogP contribution in [0.2, 0.25) is 5.15 Å². The lowest BCUT2D eigenvalue weighted by atomic mass is 10.1. The third-order valence-corrected chi connectivity index (χ3v) is 5.39. The number of nitrogens with zero attached hydrogens (tertiary/aromatic N) is 3. The number of ether oxygens (including phenoxy) is 1. The Morgan fingerprint density at radius 2 is 1.71 bits per heavy atom. The van der Waals surface area contributed by atoms with Gasteiger partial charge in [-0.3, -0.25) is 4.79 Å². The van der Waals surface area contributed by atoms with Crippen molar-refractivity contribution in [1.29, 1.82) is 0 Å². The second-order valence-corrected chi connectivity index (χ2v) is 7.62. The molecule has 1 aromatic carbocycles. The molecular weight excluding hydrogens is 378 g/mol. The second-order valence-electron chi connectivity index (χ2n) is 7.27. The van der Waals surface area contributed by atoms with Crippen LogP contribution in [0.5, 0.6) is 0 Å². The normalized spacial score (nSPS) is 14.6. The summed E-state index contributed by atoms with van der Waals surface area (Å²) < 4.78 is 6.84. The van der Waals surface area contributed by atoms with E-state index in [1.165, 1.54) is 5.56 Å². The molecule has 150 valence electrons. The molecular formula is C21H26ClN3O3. The van der Waals surface area contributed by atoms with Gasteiger partial charge in [-0.05, 0) is 32.3 Å². The molecule has 1 aromatic heterocycles. The van der Waals surface area contributed by atoms with Gasteiger partial charge in [-0.1, -0.05) is 54.3 Å². The molecule has 0 bridgehead atoms. The standard InChI is InChI=1S/C21H26ClN3O3/c1-15-7-9-17(10-8-15)13-25-20(22)19(16(2)23-25)21(27)28-14-18(26)24-11-5-3-4-6-12-24/h7-10H,3-6,11-14H2,1-2H3. The molecule has 3 rings (SSSR count). The van der Waals surface area contributed by atoms with E-state index in [1.54, 1.807) is 16.5 Å². The molecule has 0 atom stereocenters. The van der Waals surface area contributed by atoms with Crippen molar-refractivity contribution in [3.63, 3.8) is 0 Å². The van der Waals surface area contributed by atoms with Crippen LogP contribution >= 0.6 is 11.6 Å². The zero-order valence-corrected chi connectivity index (χ0v) is 17.2. The minimum Gasteiger partial charge on any atom is -0.452 e. The smallest absolute Gasteiger partial charge is 0.343 e. The number of aromatic nitrogens is 2. The summed E-state index contributed by atoms with van der Waals surface area (Å²) in [4.78, 5) is 26.6. The van der Waals surface area contributed by atoms with Crippen LogP contribution in [-0.4, -0.2) is 46.3 Å². The summed E-state index contributed by atoms with van der Waals surface area (Å²) in [5.41, 5.74) is 2.91. The number of hydrogen-bond donors (Lipinski definition) is 0. The van der Waals surface area contributed by atoms with Crippen LogP contribution in [0.4, 0.5) is 0 Å². The lowest BCUT2D eigenvalue weighted by molar-refractivity contribution is -0.134. The van der Waals surface area contributed by atoms with Crippen molar-refractivity contribution < 1.29 is 14.3 Å². The molecule has 0 unspecified atom stereocenters. The van der Waals surface area contributed by atoms with Crippen LogP contribution < -0.4 is 0 Å². The molecule has 0 aliphatic carbocycles. The maximum atomic E-state index is 12.5. The average molecular weight is 404 g/mol. The molecule has 28 heavy (non-hydrogen) atoms. The number of likely N-dealkylation sites (tertiary alicyclic amines) is 1. The number of carbonyl (C=O) groups is 2. The van der Waals surface area contributed by atoms with Gasteiger partial charge in [-0.2, -0.15) is 5.10 Å². The third kappa shape index (κ3) is 4.93. The molecule has 1 amide bonds. The van der Waals surface area contributed by atoms with E-state index in [9.17, 15) is 9.59 Å². The third-order valence-electron chi connectivity index (χ3n) is 5.01. The Hall–Kier alpha value is -2.34. The summed E-state index contributed by atoms with van der Waals surface area (Å²) in [5.74, 6) is -0.767. The summed E-state index contributed by atoms with van der Waals surface area (Å²) in [7, 11) is 0. The first-order chi connectivity index (χ1) is 13.5. The van der Waals surface area contributed by atoms with Gasteiger partial charge in [0.15, 0.2) is 6.61 Å². The number of halogens is 1. The molecule has 6 nitrogen and oxygen atoms in total. The maximum absolute atomic E-state index is 12.5. The van der Waals surface area contributed by atoms with E-state index in [2.05, 4.69) is 5.10 Å². The van der Waals surface area contributed by atoms with Crippen LogP contribution in [0.3, 0.4) is 0 Å². The van der Waals surface area contributed by atoms with Crippen LogP contribution in [0.25, 0.3) is 0 Å². The number of esters is 1. The number of hydrogen-bond acceptors (Lipinski definition) is 4. The van der Waals surface area contributed by atoms with Gasteiger partial charge in [0.2, 0.25) is 0 Å². The maximum Gasteiger partial charge on any atom is 0.343 e. The highest BCUT2D eigenvalue weighted by atomic mass is 35.5. The zero-order valence-electron chi connectivity index (χ0n) is 16.4. The van der Waals surface area contributed by atoms with E-state index in [0.29, 0.717) is 12.2 Å². The first-order valence-electron chi connectivity index (χ1n) is 9.69. The minimum atomic E-state index is -0.610. The van der Waals surface area contributed by atoms with E-state index in [1.807, 2.05) is 31.2 Å². The Kier molecular flexibility index (Phi) is 6.73. The lowest BCUT2D eigenvalue weighted by Gasteiger charge is -2.19. The van der Waals surface area contributed by atoms with E-state index in [4.69, 9.17) is 16.3 Å². The monoisotopic (exact) mass is 403 g/mol. The lowest BCUT2D eigenvalue weighted by Crippen LogP contribution is -2.35. The Morgan fingerprint density at radius 3 is 2.36 bits per heavy atom. The Bertz CT molecular complexity index is 837. The largest absolute Gasteiger partial charge is 0.452 e. The summed E-state index contributed by atoms with van der Waals surface area (Å²) in [6.45, 7) is 5.38. The van der Waals surface area contributed by atoms with Crippen molar-refractivity contribution in [3.05, 3.63) is 51.8 Å². The average Bonchev–Trinajstić information content (AvgIpc) is 2.86. The molecule has 0 saturated carbocycles. The molecule has 1 fully saturated rings. The van der Waals surface area contributed by atoms with Crippen molar-refractivity contribution >= 4 is 23.5 Å². The minimum absolute atomic E-state index is 0.156. The highest BCUT2D eigenvalue weighted by molar-refractivity contribution is 6.32. The van der Waals surface area contributed by atoms with E-state index in [0.717, 1.165) is 44.3 Å². The zero-order chi connectivity index (χ0) is 20.1. The van der Waals surface area contributed by atoms with Crippen LogP contribution in [0, 0.1) is 13.8 Å². The van der Waals surface area contributed by atoms with Gasteiger partial charge in [0, 0.05) is 13.1 Å². The molecule has 1 aliphatic heterocycles. The predicted octanol–water partition coefficient (Wildman–Crippen LogP) is 3.76. The topological polar surface area (TPSA) is 64.4 Å². The van der Waals surface area contributed by atoms with Gasteiger partial charge in [-0.25, -0.2) is 9.48 Å². The van der Waals surface area contributed by atoms with Crippen molar-refractivity contribution in [2.24, 2.45) is 0 Å². The fourth-order valence-electron chi connectivity index (χ4n) is 3.37. The summed E-state index contributed by atoms with van der Waals surface area (Å²) >= 11 is 6.40. The van der Waals surface area contributed by atoms with Crippen LogP contribution in [-0.2, 0) is 16.1 Å². The van der Waals surface area contributed by atoms with Gasteiger partial charge < -0.3 is 9.64 Å². The van der Waals surface area contributed by atoms with Gasteiger partial charge in [0.1, 0.15) is 10.7 Å². The summed E-state index contributed by atoms with van der Waals surface area (Å²) in [6.07, 6.45) is 4.27. The van der Waals surface area contributed by atoms with Gasteiger partial charge in [0.25, 0.3) is 5.91 Å². The first-order valence-corrected chi connectivity index (χ1v) is 10.1. The van der Waals surface area contributed by atoms with Gasteiger partial charge in [0.05, 0.1) is 12.2 Å². The fourth-order valence-corrected chi connectivity index (χ4v) is 3.68. The first kappa shape index (κ1) is 20.4. The quantitative estimate of drug-likeness (QED) is 0.713. The van der Waals surface area contributed by atoms with Crippen molar-refractivity contribution in [2.75, 3.05) is 19.7 Å². The molecule has 0 spiro atoms. The second kappa shape index (κ2) is 9.24. The number of amides is 1. The molecule has 0 N–H and O–H groups in total. The number of aryl methyl sites for hydroxylation is 2. The van der Waals surface area contributed by atoms with Gasteiger partial charge in [-0.15, -0.1) is 0 Å². The van der Waals surface area contributed by atoms with E-state index >= 15 is 0 Å². The van der Waals surface area contributed by atoms with Crippen molar-refractivity contribution in [2.45, 2.75) is 46.1 Å². The SMILES string of the molecule is Cc1ccc(Cn2nc(C)c(C(=O)OCC(=O)N3CCCCCC3)c2Cl)cc1. The summed E-state index contributed by atoms with van der Waals surface area (Å²) in [6, 6.07) is 8.04. The van der Waals surface area contributed by atoms with E-state index in [-0.39, 0.29) is 23.2 Å². The Morgan fingerprint density at radius 1 is 1.07 bits per heavy atom. The van der Waals surface area contributed by atoms with E-state index < -0.39 is 5.97 Å². The highest BCUT2D eigenvalue weighted by Crippen LogP contribution is 2.22. The summed E-state index contributed by atoms with van der Waals surface area (Å²) in [5, 5.41) is 4.59. The molecule has 1 saturated heterocycles. The highest BCUT2D eigenvalue weighted by Gasteiger charge is 2.24.